The summed E-state index contributed by atoms with van der Waals surface area (Å²) < 4.78 is 6.19. The third kappa shape index (κ3) is 3.09. The van der Waals surface area contributed by atoms with Crippen molar-refractivity contribution in [3.63, 3.8) is 0 Å². The van der Waals surface area contributed by atoms with E-state index in [0.29, 0.717) is 0 Å². The van der Waals surface area contributed by atoms with Crippen LogP contribution in [0.2, 0.25) is 0 Å². The van der Waals surface area contributed by atoms with Gasteiger partial charge in [-0.2, -0.15) is 0 Å². The first-order valence-corrected chi connectivity index (χ1v) is 4.86. The van der Waals surface area contributed by atoms with Gasteiger partial charge >= 0.3 is 5.97 Å². The molecule has 0 aliphatic carbocycles. The fourth-order valence-electron chi connectivity index (χ4n) is 1.18. The van der Waals surface area contributed by atoms with Crippen LogP contribution in [0.4, 0.5) is 0 Å². The third-order valence-electron chi connectivity index (χ3n) is 1.95. The lowest BCUT2D eigenvalue weighted by molar-refractivity contribution is -0.145. The van der Waals surface area contributed by atoms with Crippen molar-refractivity contribution in [2.75, 3.05) is 6.61 Å². The quantitative estimate of drug-likeness (QED) is 0.671. The predicted molar refractivity (Wildman–Crippen MR) is 57.0 cm³/mol. The zero-order valence-corrected chi connectivity index (χ0v) is 8.92. The van der Waals surface area contributed by atoms with Crippen molar-refractivity contribution in [1.82, 2.24) is 4.57 Å². The lowest BCUT2D eigenvalue weighted by Gasteiger charge is -2.12. The number of nitrogens with zero attached hydrogens (tertiary/aromatic N) is 1. The van der Waals surface area contributed by atoms with E-state index in [0.717, 1.165) is 0 Å². The summed E-state index contributed by atoms with van der Waals surface area (Å²) in [6.07, 6.45) is 2.67. The van der Waals surface area contributed by atoms with Crippen LogP contribution in [0, 0.1) is 0 Å². The van der Waals surface area contributed by atoms with Crippen LogP contribution < -0.4 is 11.2 Å². The monoisotopic (exact) mass is 226 g/mol. The minimum Gasteiger partial charge on any atom is -0.503 e. The van der Waals surface area contributed by atoms with Crippen molar-refractivity contribution >= 4 is 5.97 Å². The molecule has 16 heavy (non-hydrogen) atoms. The summed E-state index contributed by atoms with van der Waals surface area (Å²) in [7, 11) is 0. The van der Waals surface area contributed by atoms with E-state index in [4.69, 9.17) is 15.6 Å². The minimum atomic E-state index is -0.818. The van der Waals surface area contributed by atoms with Gasteiger partial charge in [0, 0.05) is 25.0 Å². The van der Waals surface area contributed by atoms with E-state index in [2.05, 4.69) is 0 Å². The van der Waals surface area contributed by atoms with Crippen molar-refractivity contribution in [3.8, 4) is 5.75 Å². The van der Waals surface area contributed by atoms with Crippen LogP contribution in [-0.4, -0.2) is 28.3 Å². The fourth-order valence-corrected chi connectivity index (χ4v) is 1.18. The largest absolute Gasteiger partial charge is 0.503 e. The third-order valence-corrected chi connectivity index (χ3v) is 1.95. The second-order valence-corrected chi connectivity index (χ2v) is 3.25. The van der Waals surface area contributed by atoms with Crippen LogP contribution in [0.3, 0.4) is 0 Å². The standard InChI is InChI=1S/C10H14N2O4/c1-2-16-10(15)7(11)5-12-4-3-8(13)9(14)6-12/h3-4,6-7,14H,2,5,11H2,1H3. The van der Waals surface area contributed by atoms with Gasteiger partial charge < -0.3 is 20.1 Å². The number of carbonyl (C=O) groups excluding carboxylic acids is 1. The molecule has 0 saturated carbocycles. The second-order valence-electron chi connectivity index (χ2n) is 3.25. The number of aromatic hydroxyl groups is 1. The van der Waals surface area contributed by atoms with E-state index in [1.807, 2.05) is 0 Å². The van der Waals surface area contributed by atoms with E-state index in [9.17, 15) is 9.59 Å². The minimum absolute atomic E-state index is 0.146. The van der Waals surface area contributed by atoms with E-state index < -0.39 is 17.4 Å². The predicted octanol–water partition coefficient (Wildman–Crippen LogP) is -0.556. The Hall–Kier alpha value is -1.82. The number of esters is 1. The van der Waals surface area contributed by atoms with Gasteiger partial charge in [0.1, 0.15) is 6.04 Å². The smallest absolute Gasteiger partial charge is 0.324 e. The Kier molecular flexibility index (Phi) is 4.07. The molecule has 0 aromatic carbocycles. The number of rotatable bonds is 4. The molecule has 6 nitrogen and oxygen atoms in total. The van der Waals surface area contributed by atoms with Crippen LogP contribution in [-0.2, 0) is 16.1 Å². The lowest BCUT2D eigenvalue weighted by atomic mass is 10.3. The van der Waals surface area contributed by atoms with Crippen molar-refractivity contribution in [3.05, 3.63) is 28.7 Å². The van der Waals surface area contributed by atoms with Crippen molar-refractivity contribution in [2.45, 2.75) is 19.5 Å². The maximum absolute atomic E-state index is 11.2. The topological polar surface area (TPSA) is 94.5 Å². The van der Waals surface area contributed by atoms with Gasteiger partial charge in [-0.15, -0.1) is 0 Å². The molecule has 0 fully saturated rings. The van der Waals surface area contributed by atoms with E-state index in [-0.39, 0.29) is 18.9 Å². The first-order chi connectivity index (χ1) is 7.54. The number of pyridine rings is 1. The Morgan fingerprint density at radius 1 is 1.69 bits per heavy atom. The molecule has 0 aliphatic heterocycles. The van der Waals surface area contributed by atoms with Crippen molar-refractivity contribution in [2.24, 2.45) is 5.73 Å². The molecule has 0 bridgehead atoms. The van der Waals surface area contributed by atoms with Crippen molar-refractivity contribution in [1.29, 1.82) is 0 Å². The number of aromatic nitrogens is 1. The van der Waals surface area contributed by atoms with Gasteiger partial charge in [-0.3, -0.25) is 9.59 Å². The van der Waals surface area contributed by atoms with Gasteiger partial charge in [-0.1, -0.05) is 0 Å². The fraction of sp³-hybridized carbons (Fsp3) is 0.400. The Morgan fingerprint density at radius 2 is 2.38 bits per heavy atom. The van der Waals surface area contributed by atoms with Crippen LogP contribution >= 0.6 is 0 Å². The first kappa shape index (κ1) is 12.3. The lowest BCUT2D eigenvalue weighted by Crippen LogP contribution is -2.36. The van der Waals surface area contributed by atoms with Gasteiger partial charge in [-0.25, -0.2) is 0 Å². The molecule has 0 radical (unpaired) electrons. The van der Waals surface area contributed by atoms with Crippen LogP contribution in [0.5, 0.6) is 5.75 Å². The van der Waals surface area contributed by atoms with E-state index in [1.165, 1.54) is 23.0 Å². The van der Waals surface area contributed by atoms with Crippen molar-refractivity contribution < 1.29 is 14.6 Å². The molecular weight excluding hydrogens is 212 g/mol. The summed E-state index contributed by atoms with van der Waals surface area (Å²) in [5, 5.41) is 9.16. The highest BCUT2D eigenvalue weighted by atomic mass is 16.5. The molecule has 6 heteroatoms. The van der Waals surface area contributed by atoms with Gasteiger partial charge in [0.05, 0.1) is 6.61 Å². The molecule has 88 valence electrons. The maximum atomic E-state index is 11.2. The highest BCUT2D eigenvalue weighted by molar-refractivity contribution is 5.75. The molecule has 1 heterocycles. The first-order valence-electron chi connectivity index (χ1n) is 4.86. The summed E-state index contributed by atoms with van der Waals surface area (Å²) in [5.41, 5.74) is 5.10. The average molecular weight is 226 g/mol. The number of hydrogen-bond acceptors (Lipinski definition) is 5. The van der Waals surface area contributed by atoms with Crippen LogP contribution in [0.1, 0.15) is 6.92 Å². The second kappa shape index (κ2) is 5.32. The molecule has 1 aromatic heterocycles. The Bertz CT molecular complexity index is 427. The molecule has 0 aliphatic rings. The summed E-state index contributed by atoms with van der Waals surface area (Å²) in [6.45, 7) is 2.10. The van der Waals surface area contributed by atoms with Gasteiger partial charge in [-0.05, 0) is 6.92 Å². The Balaban J connectivity index is 2.69. The Morgan fingerprint density at radius 3 is 2.94 bits per heavy atom. The molecular formula is C10H14N2O4. The van der Waals surface area contributed by atoms with Gasteiger partial charge in [0.25, 0.3) is 0 Å². The molecule has 1 atom stereocenters. The molecule has 0 saturated heterocycles. The molecule has 0 amide bonds. The van der Waals surface area contributed by atoms with Crippen LogP contribution in [0.25, 0.3) is 0 Å². The molecule has 0 spiro atoms. The highest BCUT2D eigenvalue weighted by Crippen LogP contribution is 2.00. The number of hydrogen-bond donors (Lipinski definition) is 2. The number of ether oxygens (including phenoxy) is 1. The Labute approximate surface area is 92.3 Å². The number of carbonyl (C=O) groups is 1. The average Bonchev–Trinajstić information content (AvgIpc) is 2.24. The SMILES string of the molecule is CCOC(=O)C(N)Cn1ccc(=O)c(O)c1. The maximum Gasteiger partial charge on any atom is 0.324 e. The molecule has 1 aromatic rings. The van der Waals surface area contributed by atoms with Gasteiger partial charge in [0.15, 0.2) is 5.75 Å². The normalized spacial score (nSPS) is 12.1. The molecule has 1 rings (SSSR count). The molecule has 1 unspecified atom stereocenters. The van der Waals surface area contributed by atoms with Crippen LogP contribution in [0.15, 0.2) is 23.3 Å². The summed E-state index contributed by atoms with van der Waals surface area (Å²) in [5.74, 6) is -0.890. The van der Waals surface area contributed by atoms with E-state index >= 15 is 0 Å². The summed E-state index contributed by atoms with van der Waals surface area (Å²) in [4.78, 5) is 22.1. The summed E-state index contributed by atoms with van der Waals surface area (Å²) >= 11 is 0. The number of nitrogens with two attached hydrogens (primary N) is 1. The van der Waals surface area contributed by atoms with E-state index in [1.54, 1.807) is 6.92 Å². The summed E-state index contributed by atoms with van der Waals surface area (Å²) in [6, 6.07) is 0.384. The van der Waals surface area contributed by atoms with Gasteiger partial charge in [0.2, 0.25) is 5.43 Å². The zero-order valence-electron chi connectivity index (χ0n) is 8.92. The highest BCUT2D eigenvalue weighted by Gasteiger charge is 2.14. The zero-order chi connectivity index (χ0) is 12.1. The molecule has 3 N–H and O–H groups in total.